The molecule has 0 saturated heterocycles. The Hall–Kier alpha value is -1.28. The van der Waals surface area contributed by atoms with E-state index in [9.17, 15) is 0 Å². The van der Waals surface area contributed by atoms with Crippen LogP contribution in [-0.2, 0) is 6.42 Å². The normalized spacial score (nSPS) is 17.9. The van der Waals surface area contributed by atoms with E-state index in [2.05, 4.69) is 19.1 Å². The lowest BCUT2D eigenvalue weighted by Gasteiger charge is -2.28. The van der Waals surface area contributed by atoms with E-state index in [0.717, 1.165) is 30.1 Å². The minimum absolute atomic E-state index is 0.133. The number of aryl methyl sites for hydroxylation is 1. The number of furan rings is 1. The Morgan fingerprint density at radius 3 is 2.78 bits per heavy atom. The molecule has 18 heavy (non-hydrogen) atoms. The molecule has 2 nitrogen and oxygen atoms in total. The van der Waals surface area contributed by atoms with Gasteiger partial charge in [0.05, 0.1) is 0 Å². The maximum absolute atomic E-state index is 6.43. The largest absolute Gasteiger partial charge is 0.461 e. The summed E-state index contributed by atoms with van der Waals surface area (Å²) in [4.78, 5) is 0. The molecule has 1 unspecified atom stereocenters. The highest BCUT2D eigenvalue weighted by Crippen LogP contribution is 2.38. The van der Waals surface area contributed by atoms with E-state index in [0.29, 0.717) is 0 Å². The molecule has 1 aliphatic carbocycles. The van der Waals surface area contributed by atoms with E-state index in [-0.39, 0.29) is 6.04 Å². The van der Waals surface area contributed by atoms with E-state index < -0.39 is 0 Å². The fourth-order valence-electron chi connectivity index (χ4n) is 2.99. The number of rotatable bonds is 4. The minimum Gasteiger partial charge on any atom is -0.461 e. The zero-order chi connectivity index (χ0) is 12.5. The van der Waals surface area contributed by atoms with Crippen LogP contribution in [0.3, 0.4) is 0 Å². The number of fused-ring (bicyclic) bond motifs is 1. The lowest BCUT2D eigenvalue weighted by Crippen LogP contribution is -2.20. The van der Waals surface area contributed by atoms with Gasteiger partial charge in [-0.1, -0.05) is 44.4 Å². The lowest BCUT2D eigenvalue weighted by atomic mass is 9.79. The Kier molecular flexibility index (Phi) is 3.13. The first-order valence-corrected chi connectivity index (χ1v) is 7.05. The first kappa shape index (κ1) is 11.8. The van der Waals surface area contributed by atoms with E-state index in [1.807, 2.05) is 12.1 Å². The van der Waals surface area contributed by atoms with Crippen LogP contribution in [0.25, 0.3) is 11.0 Å². The van der Waals surface area contributed by atoms with Gasteiger partial charge in [-0.05, 0) is 18.4 Å². The van der Waals surface area contributed by atoms with Gasteiger partial charge in [-0.2, -0.15) is 0 Å². The van der Waals surface area contributed by atoms with Crippen molar-refractivity contribution in [1.82, 2.24) is 0 Å². The Labute approximate surface area is 108 Å². The second-order valence-corrected chi connectivity index (χ2v) is 5.43. The molecule has 2 aromatic rings. The van der Waals surface area contributed by atoms with Gasteiger partial charge in [0.25, 0.3) is 0 Å². The van der Waals surface area contributed by atoms with Gasteiger partial charge in [-0.15, -0.1) is 0 Å². The number of benzene rings is 1. The third-order valence-electron chi connectivity index (χ3n) is 4.21. The summed E-state index contributed by atoms with van der Waals surface area (Å²) in [6.07, 6.45) is 6.11. The number of hydrogen-bond acceptors (Lipinski definition) is 2. The smallest absolute Gasteiger partial charge is 0.134 e. The van der Waals surface area contributed by atoms with Crippen LogP contribution in [0.2, 0.25) is 0 Å². The highest BCUT2D eigenvalue weighted by Gasteiger charge is 2.25. The SMILES string of the molecule is CCc1oc2ccccc2c1C(N)CC1CCC1. The summed E-state index contributed by atoms with van der Waals surface area (Å²) >= 11 is 0. The van der Waals surface area contributed by atoms with Crippen LogP contribution in [0.1, 0.15) is 50.0 Å². The third-order valence-corrected chi connectivity index (χ3v) is 4.21. The molecular weight excluding hydrogens is 222 g/mol. The van der Waals surface area contributed by atoms with Crippen LogP contribution in [0.4, 0.5) is 0 Å². The maximum Gasteiger partial charge on any atom is 0.134 e. The van der Waals surface area contributed by atoms with Crippen LogP contribution in [-0.4, -0.2) is 0 Å². The first-order chi connectivity index (χ1) is 8.79. The van der Waals surface area contributed by atoms with Crippen molar-refractivity contribution in [3.63, 3.8) is 0 Å². The second kappa shape index (κ2) is 4.77. The molecule has 2 heteroatoms. The molecule has 0 bridgehead atoms. The molecule has 1 aromatic carbocycles. The zero-order valence-electron chi connectivity index (χ0n) is 11.0. The van der Waals surface area contributed by atoms with Gasteiger partial charge in [-0.3, -0.25) is 0 Å². The van der Waals surface area contributed by atoms with E-state index in [4.69, 9.17) is 10.2 Å². The Morgan fingerprint density at radius 2 is 2.11 bits per heavy atom. The molecule has 1 aliphatic rings. The molecule has 96 valence electrons. The topological polar surface area (TPSA) is 39.2 Å². The summed E-state index contributed by atoms with van der Waals surface area (Å²) in [6.45, 7) is 2.14. The van der Waals surface area contributed by atoms with E-state index in [1.165, 1.54) is 30.2 Å². The third kappa shape index (κ3) is 1.95. The van der Waals surface area contributed by atoms with E-state index >= 15 is 0 Å². The average Bonchev–Trinajstić information content (AvgIpc) is 2.72. The lowest BCUT2D eigenvalue weighted by molar-refractivity contribution is 0.276. The molecular formula is C16H21NO. The fraction of sp³-hybridized carbons (Fsp3) is 0.500. The van der Waals surface area contributed by atoms with Gasteiger partial charge < -0.3 is 10.2 Å². The van der Waals surface area contributed by atoms with Crippen LogP contribution in [0.15, 0.2) is 28.7 Å². The summed E-state index contributed by atoms with van der Waals surface area (Å²) < 4.78 is 5.92. The zero-order valence-corrected chi connectivity index (χ0v) is 11.0. The molecule has 1 heterocycles. The molecule has 0 spiro atoms. The van der Waals surface area contributed by atoms with Crippen molar-refractivity contribution >= 4 is 11.0 Å². The van der Waals surface area contributed by atoms with Gasteiger partial charge in [0.15, 0.2) is 0 Å². The summed E-state index contributed by atoms with van der Waals surface area (Å²) in [7, 11) is 0. The molecule has 0 aliphatic heterocycles. The highest BCUT2D eigenvalue weighted by molar-refractivity contribution is 5.82. The van der Waals surface area contributed by atoms with Crippen LogP contribution < -0.4 is 5.73 Å². The van der Waals surface area contributed by atoms with Gasteiger partial charge in [-0.25, -0.2) is 0 Å². The van der Waals surface area contributed by atoms with Gasteiger partial charge in [0.1, 0.15) is 11.3 Å². The Bertz CT molecular complexity index is 539. The maximum atomic E-state index is 6.43. The van der Waals surface area contributed by atoms with Crippen LogP contribution in [0.5, 0.6) is 0 Å². The summed E-state index contributed by atoms with van der Waals surface area (Å²) in [5, 5.41) is 1.21. The Balaban J connectivity index is 1.97. The number of para-hydroxylation sites is 1. The molecule has 2 N–H and O–H groups in total. The van der Waals surface area contributed by atoms with Crippen LogP contribution in [0, 0.1) is 5.92 Å². The quantitative estimate of drug-likeness (QED) is 0.874. The fourth-order valence-corrected chi connectivity index (χ4v) is 2.99. The predicted molar refractivity (Wildman–Crippen MR) is 74.5 cm³/mol. The van der Waals surface area contributed by atoms with Crippen molar-refractivity contribution in [1.29, 1.82) is 0 Å². The second-order valence-electron chi connectivity index (χ2n) is 5.43. The summed E-state index contributed by atoms with van der Waals surface area (Å²) in [6, 6.07) is 8.39. The van der Waals surface area contributed by atoms with Crippen molar-refractivity contribution in [2.45, 2.75) is 45.1 Å². The van der Waals surface area contributed by atoms with Gasteiger partial charge in [0.2, 0.25) is 0 Å². The number of nitrogens with two attached hydrogens (primary N) is 1. The van der Waals surface area contributed by atoms with E-state index in [1.54, 1.807) is 0 Å². The minimum atomic E-state index is 0.133. The average molecular weight is 243 g/mol. The van der Waals surface area contributed by atoms with Crippen molar-refractivity contribution in [3.05, 3.63) is 35.6 Å². The molecule has 0 radical (unpaired) electrons. The molecule has 1 atom stereocenters. The van der Waals surface area contributed by atoms with Crippen molar-refractivity contribution in [2.24, 2.45) is 11.7 Å². The highest BCUT2D eigenvalue weighted by atomic mass is 16.3. The van der Waals surface area contributed by atoms with Gasteiger partial charge in [0, 0.05) is 23.4 Å². The molecule has 1 saturated carbocycles. The molecule has 0 amide bonds. The molecule has 1 aromatic heterocycles. The molecule has 3 rings (SSSR count). The first-order valence-electron chi connectivity index (χ1n) is 7.05. The van der Waals surface area contributed by atoms with Crippen LogP contribution >= 0.6 is 0 Å². The Morgan fingerprint density at radius 1 is 1.33 bits per heavy atom. The summed E-state index contributed by atoms with van der Waals surface area (Å²) in [5.41, 5.74) is 8.66. The summed E-state index contributed by atoms with van der Waals surface area (Å²) in [5.74, 6) is 1.90. The monoisotopic (exact) mass is 243 g/mol. The predicted octanol–water partition coefficient (Wildman–Crippen LogP) is 4.19. The van der Waals surface area contributed by atoms with Gasteiger partial charge >= 0.3 is 0 Å². The number of hydrogen-bond donors (Lipinski definition) is 1. The molecule has 1 fully saturated rings. The van der Waals surface area contributed by atoms with Crippen molar-refractivity contribution in [2.75, 3.05) is 0 Å². The standard InChI is InChI=1S/C16H21NO/c1-2-14-16(13(17)10-11-6-5-7-11)12-8-3-4-9-15(12)18-14/h3-4,8-9,11,13H,2,5-7,10,17H2,1H3. The van der Waals surface area contributed by atoms with Crippen molar-refractivity contribution < 1.29 is 4.42 Å². The van der Waals surface area contributed by atoms with Crippen molar-refractivity contribution in [3.8, 4) is 0 Å².